The Labute approximate surface area is 141 Å². The minimum atomic E-state index is -0.857. The lowest BCUT2D eigenvalue weighted by atomic mass is 9.91. The van der Waals surface area contributed by atoms with Crippen molar-refractivity contribution in [1.82, 2.24) is 4.90 Å². The molecule has 0 bridgehead atoms. The molecule has 0 saturated carbocycles. The topological polar surface area (TPSA) is 72.9 Å². The molecule has 130 valence electrons. The molecular weight excluding hydrogens is 310 g/mol. The van der Waals surface area contributed by atoms with Gasteiger partial charge < -0.3 is 9.47 Å². The molecule has 0 spiro atoms. The van der Waals surface area contributed by atoms with Crippen molar-refractivity contribution < 1.29 is 23.9 Å². The maximum Gasteiger partial charge on any atom is 0.411 e. The van der Waals surface area contributed by atoms with Crippen molar-refractivity contribution in [3.8, 4) is 0 Å². The first-order valence-corrected chi connectivity index (χ1v) is 8.01. The standard InChI is InChI=1S/C18H23NO5/c1-5-23-16(21)15-14-7-6-12(11-20)10-13(14)8-9-19(15)17(22)24-18(2,3)4/h6-7,10-11,15H,5,8-9H2,1-4H3. The summed E-state index contributed by atoms with van der Waals surface area (Å²) >= 11 is 0. The molecule has 2 rings (SSSR count). The lowest BCUT2D eigenvalue weighted by molar-refractivity contribution is -0.150. The molecule has 1 aromatic carbocycles. The molecule has 6 nitrogen and oxygen atoms in total. The molecule has 1 amide bonds. The van der Waals surface area contributed by atoms with Crippen LogP contribution in [0.4, 0.5) is 4.79 Å². The largest absolute Gasteiger partial charge is 0.464 e. The number of hydrogen-bond acceptors (Lipinski definition) is 5. The summed E-state index contributed by atoms with van der Waals surface area (Å²) in [5.74, 6) is -0.497. The molecule has 0 radical (unpaired) electrons. The van der Waals surface area contributed by atoms with Crippen LogP contribution in [0.1, 0.15) is 55.2 Å². The average molecular weight is 333 g/mol. The van der Waals surface area contributed by atoms with Gasteiger partial charge in [0.05, 0.1) is 6.61 Å². The molecule has 1 atom stereocenters. The monoisotopic (exact) mass is 333 g/mol. The van der Waals surface area contributed by atoms with Gasteiger partial charge in [-0.25, -0.2) is 9.59 Å². The van der Waals surface area contributed by atoms with Crippen LogP contribution in [0.5, 0.6) is 0 Å². The summed E-state index contributed by atoms with van der Waals surface area (Å²) in [6, 6.07) is 4.23. The number of carbonyl (C=O) groups is 3. The normalized spacial score (nSPS) is 17.0. The van der Waals surface area contributed by atoms with Crippen LogP contribution in [0.25, 0.3) is 0 Å². The predicted molar refractivity (Wildman–Crippen MR) is 87.8 cm³/mol. The first-order chi connectivity index (χ1) is 11.3. The van der Waals surface area contributed by atoms with Crippen molar-refractivity contribution in [2.24, 2.45) is 0 Å². The second kappa shape index (κ2) is 7.03. The van der Waals surface area contributed by atoms with Crippen molar-refractivity contribution in [2.45, 2.75) is 45.8 Å². The molecular formula is C18H23NO5. The summed E-state index contributed by atoms with van der Waals surface area (Å²) in [7, 11) is 0. The Hall–Kier alpha value is -2.37. The molecule has 1 aromatic rings. The lowest BCUT2D eigenvalue weighted by Crippen LogP contribution is -2.46. The number of aldehydes is 1. The van der Waals surface area contributed by atoms with Crippen LogP contribution in [-0.4, -0.2) is 42.0 Å². The number of nitrogens with zero attached hydrogens (tertiary/aromatic N) is 1. The lowest BCUT2D eigenvalue weighted by Gasteiger charge is -2.36. The minimum absolute atomic E-state index is 0.221. The number of hydrogen-bond donors (Lipinski definition) is 0. The summed E-state index contributed by atoms with van der Waals surface area (Å²) in [6.07, 6.45) is 0.761. The van der Waals surface area contributed by atoms with Crippen molar-refractivity contribution >= 4 is 18.3 Å². The number of rotatable bonds is 3. The second-order valence-electron chi connectivity index (χ2n) is 6.65. The smallest absolute Gasteiger partial charge is 0.411 e. The van der Waals surface area contributed by atoms with E-state index in [1.807, 2.05) is 0 Å². The highest BCUT2D eigenvalue weighted by Gasteiger charge is 2.39. The third kappa shape index (κ3) is 3.93. The Bertz CT molecular complexity index is 647. The maximum atomic E-state index is 12.5. The van der Waals surface area contributed by atoms with E-state index in [1.165, 1.54) is 4.90 Å². The molecule has 0 saturated heterocycles. The van der Waals surface area contributed by atoms with Crippen LogP contribution in [0.3, 0.4) is 0 Å². The van der Waals surface area contributed by atoms with Crippen molar-refractivity contribution in [3.05, 3.63) is 34.9 Å². The molecule has 1 heterocycles. The van der Waals surface area contributed by atoms with E-state index in [4.69, 9.17) is 9.47 Å². The molecule has 1 unspecified atom stereocenters. The first-order valence-electron chi connectivity index (χ1n) is 8.01. The maximum absolute atomic E-state index is 12.5. The van der Waals surface area contributed by atoms with Crippen LogP contribution in [-0.2, 0) is 20.7 Å². The summed E-state index contributed by atoms with van der Waals surface area (Å²) in [4.78, 5) is 37.3. The first kappa shape index (κ1) is 18.0. The highest BCUT2D eigenvalue weighted by Crippen LogP contribution is 2.32. The van der Waals surface area contributed by atoms with Crippen LogP contribution in [0, 0.1) is 0 Å². The van der Waals surface area contributed by atoms with E-state index in [2.05, 4.69) is 0 Å². The molecule has 24 heavy (non-hydrogen) atoms. The Morgan fingerprint density at radius 2 is 2.04 bits per heavy atom. The van der Waals surface area contributed by atoms with E-state index in [9.17, 15) is 14.4 Å². The number of carbonyl (C=O) groups excluding carboxylic acids is 3. The van der Waals surface area contributed by atoms with Crippen LogP contribution in [0.2, 0.25) is 0 Å². The van der Waals surface area contributed by atoms with Gasteiger partial charge in [0.15, 0.2) is 6.04 Å². The number of ether oxygens (including phenoxy) is 2. The zero-order valence-electron chi connectivity index (χ0n) is 14.5. The van der Waals surface area contributed by atoms with Crippen LogP contribution in [0.15, 0.2) is 18.2 Å². The zero-order chi connectivity index (χ0) is 17.9. The minimum Gasteiger partial charge on any atom is -0.464 e. The third-order valence-corrected chi connectivity index (χ3v) is 3.67. The quantitative estimate of drug-likeness (QED) is 0.628. The fourth-order valence-corrected chi connectivity index (χ4v) is 2.71. The SMILES string of the molecule is CCOC(=O)C1c2ccc(C=O)cc2CCN1C(=O)OC(C)(C)C. The molecule has 0 aromatic heterocycles. The highest BCUT2D eigenvalue weighted by atomic mass is 16.6. The van der Waals surface area contributed by atoms with Gasteiger partial charge in [0.25, 0.3) is 0 Å². The van der Waals surface area contributed by atoms with Gasteiger partial charge in [-0.05, 0) is 51.3 Å². The summed E-state index contributed by atoms with van der Waals surface area (Å²) < 4.78 is 10.6. The Balaban J connectivity index is 2.39. The van der Waals surface area contributed by atoms with E-state index < -0.39 is 23.7 Å². The average Bonchev–Trinajstić information content (AvgIpc) is 2.51. The van der Waals surface area contributed by atoms with Gasteiger partial charge in [0, 0.05) is 12.1 Å². The van der Waals surface area contributed by atoms with E-state index in [0.29, 0.717) is 24.1 Å². The van der Waals surface area contributed by atoms with Gasteiger partial charge in [-0.15, -0.1) is 0 Å². The second-order valence-corrected chi connectivity index (χ2v) is 6.65. The summed E-state index contributed by atoms with van der Waals surface area (Å²) in [5.41, 5.74) is 1.44. The van der Waals surface area contributed by atoms with E-state index in [1.54, 1.807) is 45.9 Å². The molecule has 0 N–H and O–H groups in total. The number of fused-ring (bicyclic) bond motifs is 1. The zero-order valence-corrected chi connectivity index (χ0v) is 14.5. The number of amides is 1. The third-order valence-electron chi connectivity index (χ3n) is 3.67. The number of esters is 1. The fourth-order valence-electron chi connectivity index (χ4n) is 2.71. The summed E-state index contributed by atoms with van der Waals surface area (Å²) in [6.45, 7) is 7.59. The molecule has 1 aliphatic rings. The Morgan fingerprint density at radius 1 is 1.33 bits per heavy atom. The van der Waals surface area contributed by atoms with Gasteiger partial charge in [-0.1, -0.05) is 12.1 Å². The molecule has 0 fully saturated rings. The van der Waals surface area contributed by atoms with Gasteiger partial charge in [0.2, 0.25) is 0 Å². The van der Waals surface area contributed by atoms with E-state index >= 15 is 0 Å². The van der Waals surface area contributed by atoms with E-state index in [-0.39, 0.29) is 6.61 Å². The fraction of sp³-hybridized carbons (Fsp3) is 0.500. The van der Waals surface area contributed by atoms with Gasteiger partial charge in [-0.3, -0.25) is 9.69 Å². The van der Waals surface area contributed by atoms with Crippen LogP contribution >= 0.6 is 0 Å². The van der Waals surface area contributed by atoms with Crippen LogP contribution < -0.4 is 0 Å². The van der Waals surface area contributed by atoms with Gasteiger partial charge >= 0.3 is 12.1 Å². The highest BCUT2D eigenvalue weighted by molar-refractivity contribution is 5.85. The Morgan fingerprint density at radius 3 is 2.62 bits per heavy atom. The van der Waals surface area contributed by atoms with Crippen molar-refractivity contribution in [3.63, 3.8) is 0 Å². The molecule has 6 heteroatoms. The van der Waals surface area contributed by atoms with E-state index in [0.717, 1.165) is 11.8 Å². The van der Waals surface area contributed by atoms with Crippen molar-refractivity contribution in [2.75, 3.05) is 13.2 Å². The molecule has 0 aliphatic carbocycles. The van der Waals surface area contributed by atoms with Gasteiger partial charge in [0.1, 0.15) is 11.9 Å². The Kier molecular flexibility index (Phi) is 5.26. The molecule has 1 aliphatic heterocycles. The predicted octanol–water partition coefficient (Wildman–Crippen LogP) is 2.90. The van der Waals surface area contributed by atoms with Crippen molar-refractivity contribution in [1.29, 1.82) is 0 Å². The summed E-state index contributed by atoms with van der Waals surface area (Å²) in [5, 5.41) is 0. The number of benzene rings is 1. The van der Waals surface area contributed by atoms with Gasteiger partial charge in [-0.2, -0.15) is 0 Å².